The quantitative estimate of drug-likeness (QED) is 0.605. The third kappa shape index (κ3) is 5.32. The smallest absolute Gasteiger partial charge is 0.226 e. The summed E-state index contributed by atoms with van der Waals surface area (Å²) in [5.74, 6) is 1.45. The summed E-state index contributed by atoms with van der Waals surface area (Å²) < 4.78 is 5.62. The van der Waals surface area contributed by atoms with Crippen molar-refractivity contribution in [1.82, 2.24) is 20.5 Å². The van der Waals surface area contributed by atoms with Gasteiger partial charge in [0.2, 0.25) is 5.89 Å². The van der Waals surface area contributed by atoms with Crippen LogP contribution in [0.1, 0.15) is 37.4 Å². The van der Waals surface area contributed by atoms with Crippen LogP contribution in [-0.2, 0) is 6.54 Å². The number of rotatable bonds is 6. The number of piperidine rings is 1. The van der Waals surface area contributed by atoms with Crippen LogP contribution in [0, 0.1) is 6.92 Å². The molecule has 0 spiro atoms. The van der Waals surface area contributed by atoms with Crippen LogP contribution < -0.4 is 10.6 Å². The first-order valence-electron chi connectivity index (χ1n) is 9.89. The molecule has 3 rings (SSSR count). The third-order valence-corrected chi connectivity index (χ3v) is 5.17. The van der Waals surface area contributed by atoms with Crippen LogP contribution in [-0.4, -0.2) is 48.6 Å². The van der Waals surface area contributed by atoms with Gasteiger partial charge in [0.25, 0.3) is 0 Å². The molecular weight excluding hydrogens is 338 g/mol. The Balaban J connectivity index is 1.50. The van der Waals surface area contributed by atoms with Gasteiger partial charge < -0.3 is 15.1 Å². The van der Waals surface area contributed by atoms with Gasteiger partial charge >= 0.3 is 0 Å². The number of nitrogens with one attached hydrogen (secondary N) is 2. The third-order valence-electron chi connectivity index (χ3n) is 5.17. The lowest BCUT2D eigenvalue weighted by Crippen LogP contribution is -2.48. The number of aryl methyl sites for hydroxylation is 1. The summed E-state index contributed by atoms with van der Waals surface area (Å²) in [6, 6.07) is 8.77. The number of hydrogen-bond acceptors (Lipinski definition) is 4. The second-order valence-electron chi connectivity index (χ2n) is 7.09. The number of aliphatic imine (C=N–C) groups is 1. The molecule has 1 aliphatic heterocycles. The molecular formula is C21H31N5O. The molecule has 1 unspecified atom stereocenters. The van der Waals surface area contributed by atoms with E-state index in [1.165, 1.54) is 31.4 Å². The minimum atomic E-state index is 0.581. The highest BCUT2D eigenvalue weighted by atomic mass is 16.3. The number of benzene rings is 1. The molecule has 6 nitrogen and oxygen atoms in total. The number of guanidine groups is 1. The Bertz CT molecular complexity index is 737. The predicted molar refractivity (Wildman–Crippen MR) is 110 cm³/mol. The molecule has 1 saturated heterocycles. The van der Waals surface area contributed by atoms with Crippen molar-refractivity contribution in [3.8, 4) is 11.5 Å². The highest BCUT2D eigenvalue weighted by molar-refractivity contribution is 5.79. The monoisotopic (exact) mass is 369 g/mol. The zero-order chi connectivity index (χ0) is 19.1. The first-order chi connectivity index (χ1) is 13.2. The standard InChI is InChI=1S/C21H31N5O/c1-4-26-12-6-5-7-19(26)14-24-21(22-3)23-13-18-15-27-20(25-18)17-10-8-16(2)9-11-17/h8-11,15,19H,4-7,12-14H2,1-3H3,(H2,22,23,24). The average Bonchev–Trinajstić information content (AvgIpc) is 3.18. The topological polar surface area (TPSA) is 65.7 Å². The lowest BCUT2D eigenvalue weighted by atomic mass is 10.0. The zero-order valence-electron chi connectivity index (χ0n) is 16.7. The summed E-state index contributed by atoms with van der Waals surface area (Å²) in [5.41, 5.74) is 3.08. The van der Waals surface area contributed by atoms with Gasteiger partial charge in [-0.3, -0.25) is 9.89 Å². The number of oxazole rings is 1. The van der Waals surface area contributed by atoms with Gasteiger partial charge in [-0.05, 0) is 45.0 Å². The zero-order valence-corrected chi connectivity index (χ0v) is 16.7. The number of likely N-dealkylation sites (N-methyl/N-ethyl adjacent to an activating group) is 1. The Morgan fingerprint density at radius 3 is 2.81 bits per heavy atom. The fourth-order valence-electron chi connectivity index (χ4n) is 3.53. The van der Waals surface area contributed by atoms with Gasteiger partial charge in [0.1, 0.15) is 6.26 Å². The van der Waals surface area contributed by atoms with Gasteiger partial charge in [-0.25, -0.2) is 4.98 Å². The minimum absolute atomic E-state index is 0.581. The molecule has 0 saturated carbocycles. The van der Waals surface area contributed by atoms with Crippen molar-refractivity contribution >= 4 is 5.96 Å². The molecule has 0 amide bonds. The molecule has 1 aromatic heterocycles. The van der Waals surface area contributed by atoms with E-state index in [9.17, 15) is 0 Å². The Kier molecular flexibility index (Phi) is 6.87. The van der Waals surface area contributed by atoms with E-state index < -0.39 is 0 Å². The molecule has 146 valence electrons. The molecule has 0 bridgehead atoms. The van der Waals surface area contributed by atoms with Crippen LogP contribution in [0.2, 0.25) is 0 Å². The van der Waals surface area contributed by atoms with Crippen LogP contribution in [0.15, 0.2) is 39.9 Å². The molecule has 1 aliphatic rings. The summed E-state index contributed by atoms with van der Waals surface area (Å²) >= 11 is 0. The summed E-state index contributed by atoms with van der Waals surface area (Å²) in [7, 11) is 1.80. The fraction of sp³-hybridized carbons (Fsp3) is 0.524. The SMILES string of the molecule is CCN1CCCCC1CNC(=NC)NCc1coc(-c2ccc(C)cc2)n1. The summed E-state index contributed by atoms with van der Waals surface area (Å²) in [6.45, 7) is 8.12. The van der Waals surface area contributed by atoms with Crippen molar-refractivity contribution in [2.75, 3.05) is 26.7 Å². The number of hydrogen-bond donors (Lipinski definition) is 2. The molecule has 2 N–H and O–H groups in total. The van der Waals surface area contributed by atoms with Gasteiger partial charge in [0.05, 0.1) is 12.2 Å². The van der Waals surface area contributed by atoms with Crippen LogP contribution in [0.25, 0.3) is 11.5 Å². The first kappa shape index (κ1) is 19.4. The fourth-order valence-corrected chi connectivity index (χ4v) is 3.53. The van der Waals surface area contributed by atoms with E-state index >= 15 is 0 Å². The number of aromatic nitrogens is 1. The second kappa shape index (κ2) is 9.55. The Morgan fingerprint density at radius 1 is 1.26 bits per heavy atom. The van der Waals surface area contributed by atoms with E-state index in [0.717, 1.165) is 30.3 Å². The van der Waals surface area contributed by atoms with Gasteiger partial charge in [0, 0.05) is 25.2 Å². The highest BCUT2D eigenvalue weighted by Crippen LogP contribution is 2.19. The van der Waals surface area contributed by atoms with Gasteiger partial charge in [-0.15, -0.1) is 0 Å². The van der Waals surface area contributed by atoms with Crippen molar-refractivity contribution in [3.05, 3.63) is 41.8 Å². The highest BCUT2D eigenvalue weighted by Gasteiger charge is 2.20. The average molecular weight is 370 g/mol. The maximum atomic E-state index is 5.62. The van der Waals surface area contributed by atoms with Gasteiger partial charge in [-0.1, -0.05) is 31.0 Å². The lowest BCUT2D eigenvalue weighted by molar-refractivity contribution is 0.157. The number of likely N-dealkylation sites (tertiary alicyclic amines) is 1. The summed E-state index contributed by atoms with van der Waals surface area (Å²) in [5, 5.41) is 6.79. The van der Waals surface area contributed by atoms with Crippen molar-refractivity contribution in [2.24, 2.45) is 4.99 Å². The van der Waals surface area contributed by atoms with Crippen LogP contribution in [0.4, 0.5) is 0 Å². The molecule has 6 heteroatoms. The molecule has 27 heavy (non-hydrogen) atoms. The maximum Gasteiger partial charge on any atom is 0.226 e. The number of nitrogens with zero attached hydrogens (tertiary/aromatic N) is 3. The van der Waals surface area contributed by atoms with E-state index in [0.29, 0.717) is 18.5 Å². The molecule has 2 aromatic rings. The molecule has 0 radical (unpaired) electrons. The van der Waals surface area contributed by atoms with Crippen LogP contribution in [0.5, 0.6) is 0 Å². The first-order valence-corrected chi connectivity index (χ1v) is 9.89. The van der Waals surface area contributed by atoms with Crippen molar-refractivity contribution in [2.45, 2.75) is 45.7 Å². The van der Waals surface area contributed by atoms with Crippen molar-refractivity contribution < 1.29 is 4.42 Å². The lowest BCUT2D eigenvalue weighted by Gasteiger charge is -2.35. The summed E-state index contributed by atoms with van der Waals surface area (Å²) in [6.07, 6.45) is 5.58. The van der Waals surface area contributed by atoms with Crippen molar-refractivity contribution in [3.63, 3.8) is 0 Å². The molecule has 1 fully saturated rings. The predicted octanol–water partition coefficient (Wildman–Crippen LogP) is 3.19. The normalized spacial score (nSPS) is 18.5. The van der Waals surface area contributed by atoms with Crippen molar-refractivity contribution in [1.29, 1.82) is 0 Å². The van der Waals surface area contributed by atoms with E-state index in [-0.39, 0.29) is 0 Å². The maximum absolute atomic E-state index is 5.62. The summed E-state index contributed by atoms with van der Waals surface area (Å²) in [4.78, 5) is 11.5. The molecule has 2 heterocycles. The largest absolute Gasteiger partial charge is 0.444 e. The van der Waals surface area contributed by atoms with E-state index in [2.05, 4.69) is 51.5 Å². The van der Waals surface area contributed by atoms with Gasteiger partial charge in [0.15, 0.2) is 5.96 Å². The molecule has 1 aromatic carbocycles. The molecule has 0 aliphatic carbocycles. The second-order valence-corrected chi connectivity index (χ2v) is 7.09. The Hall–Kier alpha value is -2.34. The minimum Gasteiger partial charge on any atom is -0.444 e. The van der Waals surface area contributed by atoms with E-state index in [1.54, 1.807) is 13.3 Å². The Morgan fingerprint density at radius 2 is 2.07 bits per heavy atom. The van der Waals surface area contributed by atoms with Crippen LogP contribution in [0.3, 0.4) is 0 Å². The van der Waals surface area contributed by atoms with Gasteiger partial charge in [-0.2, -0.15) is 0 Å². The Labute approximate surface area is 162 Å². The van der Waals surface area contributed by atoms with Crippen LogP contribution >= 0.6 is 0 Å². The van der Waals surface area contributed by atoms with E-state index in [1.807, 2.05) is 12.1 Å². The molecule has 1 atom stereocenters. The van der Waals surface area contributed by atoms with E-state index in [4.69, 9.17) is 4.42 Å².